The van der Waals surface area contributed by atoms with E-state index in [1.165, 1.54) is 0 Å². The van der Waals surface area contributed by atoms with Crippen molar-refractivity contribution in [3.63, 3.8) is 0 Å². The third-order valence-corrected chi connectivity index (χ3v) is 3.45. The molecule has 1 atom stereocenters. The molecule has 1 N–H and O–H groups in total. The highest BCUT2D eigenvalue weighted by molar-refractivity contribution is 5.93. The second-order valence-electron chi connectivity index (χ2n) is 4.80. The summed E-state index contributed by atoms with van der Waals surface area (Å²) in [4.78, 5) is 10.8. The highest BCUT2D eigenvalue weighted by atomic mass is 16.5. The number of hydrogen-bond donors (Lipinski definition) is 1. The quantitative estimate of drug-likeness (QED) is 0.709. The molecule has 114 valence electrons. The highest BCUT2D eigenvalue weighted by Crippen LogP contribution is 2.31. The summed E-state index contributed by atoms with van der Waals surface area (Å²) in [5.74, 6) is 0. The number of rotatable bonds is 6. The smallest absolute Gasteiger partial charge is 0.211 e. The van der Waals surface area contributed by atoms with Gasteiger partial charge in [-0.3, -0.25) is 4.79 Å². The van der Waals surface area contributed by atoms with Gasteiger partial charge in [0.1, 0.15) is 6.23 Å². The van der Waals surface area contributed by atoms with Crippen LogP contribution in [-0.4, -0.2) is 32.4 Å². The van der Waals surface area contributed by atoms with E-state index in [-0.39, 0.29) is 6.23 Å². The predicted octanol–water partition coefficient (Wildman–Crippen LogP) is 2.32. The largest absolute Gasteiger partial charge is 0.357 e. The van der Waals surface area contributed by atoms with Crippen molar-refractivity contribution in [2.45, 2.75) is 20.1 Å². The van der Waals surface area contributed by atoms with E-state index in [0.717, 1.165) is 16.6 Å². The van der Waals surface area contributed by atoms with Gasteiger partial charge < -0.3 is 10.1 Å². The number of amides is 1. The van der Waals surface area contributed by atoms with Gasteiger partial charge in [-0.1, -0.05) is 0 Å². The van der Waals surface area contributed by atoms with E-state index < -0.39 is 0 Å². The topological polar surface area (TPSA) is 73.5 Å². The van der Waals surface area contributed by atoms with Gasteiger partial charge in [0, 0.05) is 30.1 Å². The van der Waals surface area contributed by atoms with E-state index in [9.17, 15) is 4.79 Å². The second kappa shape index (κ2) is 5.98. The molecule has 1 unspecified atom stereocenters. The summed E-state index contributed by atoms with van der Waals surface area (Å²) in [6.07, 6.45) is 7.64. The molecular weight excluding hydrogens is 282 g/mol. The van der Waals surface area contributed by atoms with Gasteiger partial charge in [-0.25, -0.2) is 9.20 Å². The van der Waals surface area contributed by atoms with Crippen LogP contribution in [0, 0.1) is 0 Å². The molecule has 3 heterocycles. The third kappa shape index (κ3) is 2.46. The number of hydrogen-bond acceptors (Lipinski definition) is 4. The number of ether oxygens (including phenoxy) is 1. The summed E-state index contributed by atoms with van der Waals surface area (Å²) in [6, 6.07) is 3.85. The Morgan fingerprint density at radius 3 is 3.05 bits per heavy atom. The number of aromatic nitrogens is 4. The molecule has 22 heavy (non-hydrogen) atoms. The number of carbonyl (C=O) groups excluding carboxylic acids is 1. The fourth-order valence-electron chi connectivity index (χ4n) is 2.45. The lowest BCUT2D eigenvalue weighted by Gasteiger charge is -2.11. The van der Waals surface area contributed by atoms with Crippen molar-refractivity contribution < 1.29 is 9.53 Å². The Morgan fingerprint density at radius 2 is 2.27 bits per heavy atom. The first-order chi connectivity index (χ1) is 10.7. The van der Waals surface area contributed by atoms with Crippen LogP contribution in [0.4, 0.5) is 5.69 Å². The van der Waals surface area contributed by atoms with Gasteiger partial charge in [0.15, 0.2) is 0 Å². The number of nitrogens with one attached hydrogen (secondary N) is 1. The number of anilines is 1. The molecule has 0 aromatic carbocycles. The SMILES string of the molecule is CCOC(C)n1cc(-c2c(NC=O)cnn3cccc23)cn1. The van der Waals surface area contributed by atoms with Gasteiger partial charge in [-0.15, -0.1) is 0 Å². The summed E-state index contributed by atoms with van der Waals surface area (Å²) in [6.45, 7) is 4.50. The van der Waals surface area contributed by atoms with Crippen LogP contribution in [0.25, 0.3) is 16.6 Å². The summed E-state index contributed by atoms with van der Waals surface area (Å²) < 4.78 is 9.05. The molecule has 0 aliphatic carbocycles. The zero-order valence-electron chi connectivity index (χ0n) is 12.4. The number of fused-ring (bicyclic) bond motifs is 1. The summed E-state index contributed by atoms with van der Waals surface area (Å²) in [5, 5.41) is 11.3. The Labute approximate surface area is 127 Å². The van der Waals surface area contributed by atoms with Gasteiger partial charge >= 0.3 is 0 Å². The van der Waals surface area contributed by atoms with Crippen LogP contribution in [0.5, 0.6) is 0 Å². The third-order valence-electron chi connectivity index (χ3n) is 3.45. The molecule has 1 amide bonds. The lowest BCUT2D eigenvalue weighted by Crippen LogP contribution is -2.09. The molecule has 3 aromatic heterocycles. The summed E-state index contributed by atoms with van der Waals surface area (Å²) in [5.41, 5.74) is 3.31. The Kier molecular flexibility index (Phi) is 3.88. The van der Waals surface area contributed by atoms with E-state index in [0.29, 0.717) is 18.7 Å². The number of carbonyl (C=O) groups is 1. The van der Waals surface area contributed by atoms with Gasteiger partial charge in [-0.2, -0.15) is 10.2 Å². The van der Waals surface area contributed by atoms with Crippen molar-refractivity contribution in [1.29, 1.82) is 0 Å². The summed E-state index contributed by atoms with van der Waals surface area (Å²) >= 11 is 0. The average molecular weight is 299 g/mol. The van der Waals surface area contributed by atoms with E-state index in [2.05, 4.69) is 15.5 Å². The molecule has 0 fully saturated rings. The van der Waals surface area contributed by atoms with Crippen LogP contribution in [0.2, 0.25) is 0 Å². The fraction of sp³-hybridized carbons (Fsp3) is 0.267. The fourth-order valence-corrected chi connectivity index (χ4v) is 2.45. The Morgan fingerprint density at radius 1 is 1.41 bits per heavy atom. The van der Waals surface area contributed by atoms with Gasteiger partial charge in [-0.05, 0) is 26.0 Å². The van der Waals surface area contributed by atoms with Crippen molar-refractivity contribution in [3.8, 4) is 11.1 Å². The van der Waals surface area contributed by atoms with E-state index in [1.807, 2.05) is 38.4 Å². The first-order valence-corrected chi connectivity index (χ1v) is 7.07. The first kappa shape index (κ1) is 14.3. The van der Waals surface area contributed by atoms with Crippen LogP contribution in [0.15, 0.2) is 36.9 Å². The minimum Gasteiger partial charge on any atom is -0.357 e. The lowest BCUT2D eigenvalue weighted by atomic mass is 10.1. The van der Waals surface area contributed by atoms with Gasteiger partial charge in [0.25, 0.3) is 0 Å². The molecule has 7 heteroatoms. The molecule has 0 saturated carbocycles. The molecule has 0 radical (unpaired) electrons. The van der Waals surface area contributed by atoms with E-state index in [4.69, 9.17) is 4.74 Å². The maximum atomic E-state index is 10.8. The lowest BCUT2D eigenvalue weighted by molar-refractivity contribution is -0.105. The predicted molar refractivity (Wildman–Crippen MR) is 82.4 cm³/mol. The Bertz CT molecular complexity index is 792. The number of nitrogens with zero attached hydrogens (tertiary/aromatic N) is 4. The Balaban J connectivity index is 2.10. The molecule has 0 saturated heterocycles. The first-order valence-electron chi connectivity index (χ1n) is 7.07. The zero-order chi connectivity index (χ0) is 15.5. The van der Waals surface area contributed by atoms with Gasteiger partial charge in [0.2, 0.25) is 6.41 Å². The molecular formula is C15H17N5O2. The molecule has 0 aliphatic heterocycles. The minimum absolute atomic E-state index is 0.147. The molecule has 3 aromatic rings. The minimum atomic E-state index is -0.147. The molecule has 0 aliphatic rings. The van der Waals surface area contributed by atoms with Crippen LogP contribution >= 0.6 is 0 Å². The molecule has 3 rings (SSSR count). The van der Waals surface area contributed by atoms with E-state index in [1.54, 1.807) is 21.6 Å². The Hall–Kier alpha value is -2.67. The second-order valence-corrected chi connectivity index (χ2v) is 4.80. The molecule has 7 nitrogen and oxygen atoms in total. The van der Waals surface area contributed by atoms with Crippen molar-refractivity contribution in [1.82, 2.24) is 19.4 Å². The van der Waals surface area contributed by atoms with Crippen molar-refractivity contribution >= 4 is 17.6 Å². The summed E-state index contributed by atoms with van der Waals surface area (Å²) in [7, 11) is 0. The van der Waals surface area contributed by atoms with Crippen LogP contribution < -0.4 is 5.32 Å². The molecule has 0 spiro atoms. The monoisotopic (exact) mass is 299 g/mol. The van der Waals surface area contributed by atoms with Crippen LogP contribution in [0.1, 0.15) is 20.1 Å². The normalized spacial score (nSPS) is 12.5. The van der Waals surface area contributed by atoms with Crippen molar-refractivity contribution in [2.75, 3.05) is 11.9 Å². The van der Waals surface area contributed by atoms with Crippen molar-refractivity contribution in [3.05, 3.63) is 36.9 Å². The maximum Gasteiger partial charge on any atom is 0.211 e. The van der Waals surface area contributed by atoms with Crippen molar-refractivity contribution in [2.24, 2.45) is 0 Å². The van der Waals surface area contributed by atoms with Gasteiger partial charge in [0.05, 0.1) is 23.6 Å². The molecule has 0 bridgehead atoms. The van der Waals surface area contributed by atoms with Crippen LogP contribution in [0.3, 0.4) is 0 Å². The maximum absolute atomic E-state index is 10.8. The highest BCUT2D eigenvalue weighted by Gasteiger charge is 2.14. The van der Waals surface area contributed by atoms with Crippen LogP contribution in [-0.2, 0) is 9.53 Å². The average Bonchev–Trinajstić information content (AvgIpc) is 3.16. The standard InChI is InChI=1S/C15H17N5O2/c1-3-22-11(2)20-9-12(7-17-20)15-13(16-10-21)8-18-19-6-4-5-14(15)19/h4-11H,3H2,1-2H3,(H,16,21). The van der Waals surface area contributed by atoms with E-state index >= 15 is 0 Å². The zero-order valence-corrected chi connectivity index (χ0v) is 12.4.